The van der Waals surface area contributed by atoms with Crippen LogP contribution in [-0.4, -0.2) is 33.0 Å². The van der Waals surface area contributed by atoms with Gasteiger partial charge in [0.15, 0.2) is 0 Å². The maximum atomic E-state index is 6.04. The molecule has 0 spiro atoms. The molecular formula is C19H19ClN6. The highest BCUT2D eigenvalue weighted by atomic mass is 35.5. The third kappa shape index (κ3) is 2.66. The van der Waals surface area contributed by atoms with E-state index in [9.17, 15) is 0 Å². The van der Waals surface area contributed by atoms with Crippen molar-refractivity contribution in [3.63, 3.8) is 0 Å². The summed E-state index contributed by atoms with van der Waals surface area (Å²) in [5, 5.41) is 3.81. The third-order valence-electron chi connectivity index (χ3n) is 4.93. The first-order valence-corrected chi connectivity index (χ1v) is 9.30. The molecule has 0 unspecified atom stereocenters. The standard InChI is InChI=1S/C19H19ClN6/c20-16-8-7-12-17(24-16)14(11-21-12)23-19-22-13-5-4-6-15(18(13)25-19)26-9-2-1-3-10-26/h4-8,11,21H,1-3,9-10H2,(H2,22,23,25). The monoisotopic (exact) mass is 366 g/mol. The first-order chi connectivity index (χ1) is 12.8. The lowest BCUT2D eigenvalue weighted by Crippen LogP contribution is -2.29. The van der Waals surface area contributed by atoms with Gasteiger partial charge in [-0.25, -0.2) is 9.97 Å². The van der Waals surface area contributed by atoms with E-state index < -0.39 is 0 Å². The number of hydrogen-bond donors (Lipinski definition) is 3. The fourth-order valence-corrected chi connectivity index (χ4v) is 3.81. The summed E-state index contributed by atoms with van der Waals surface area (Å²) in [6.07, 6.45) is 5.68. The Balaban J connectivity index is 1.52. The highest BCUT2D eigenvalue weighted by molar-refractivity contribution is 6.29. The number of piperidine rings is 1. The number of fused-ring (bicyclic) bond motifs is 2. The van der Waals surface area contributed by atoms with Crippen LogP contribution in [0.3, 0.4) is 0 Å². The van der Waals surface area contributed by atoms with E-state index in [2.05, 4.69) is 43.4 Å². The van der Waals surface area contributed by atoms with Crippen molar-refractivity contribution in [2.75, 3.05) is 23.3 Å². The molecule has 132 valence electrons. The van der Waals surface area contributed by atoms with Gasteiger partial charge < -0.3 is 20.2 Å². The van der Waals surface area contributed by atoms with Crippen LogP contribution >= 0.6 is 11.6 Å². The van der Waals surface area contributed by atoms with Crippen LogP contribution in [0.4, 0.5) is 17.3 Å². The second kappa shape index (κ2) is 6.21. The molecule has 1 aliphatic heterocycles. The molecule has 0 radical (unpaired) electrons. The molecule has 0 bridgehead atoms. The molecule has 1 aromatic carbocycles. The van der Waals surface area contributed by atoms with Gasteiger partial charge in [0, 0.05) is 19.3 Å². The predicted octanol–water partition coefficient (Wildman–Crippen LogP) is 4.83. The Bertz CT molecular complexity index is 1080. The van der Waals surface area contributed by atoms with Gasteiger partial charge in [0.2, 0.25) is 5.95 Å². The molecule has 0 atom stereocenters. The molecule has 0 amide bonds. The molecule has 4 heterocycles. The topological polar surface area (TPSA) is 72.6 Å². The number of anilines is 3. The van der Waals surface area contributed by atoms with Crippen LogP contribution in [0.1, 0.15) is 19.3 Å². The molecule has 1 saturated heterocycles. The molecule has 26 heavy (non-hydrogen) atoms. The summed E-state index contributed by atoms with van der Waals surface area (Å²) in [5.41, 5.74) is 5.81. The van der Waals surface area contributed by atoms with E-state index in [0.717, 1.165) is 40.8 Å². The summed E-state index contributed by atoms with van der Waals surface area (Å²) in [5.74, 6) is 0.701. The summed E-state index contributed by atoms with van der Waals surface area (Å²) in [4.78, 5) is 18.2. The van der Waals surface area contributed by atoms with E-state index >= 15 is 0 Å². The summed E-state index contributed by atoms with van der Waals surface area (Å²) in [7, 11) is 0. The van der Waals surface area contributed by atoms with Crippen LogP contribution in [0, 0.1) is 0 Å². The van der Waals surface area contributed by atoms with Crippen LogP contribution in [0.2, 0.25) is 5.15 Å². The third-order valence-corrected chi connectivity index (χ3v) is 5.14. The van der Waals surface area contributed by atoms with Gasteiger partial charge in [-0.05, 0) is 43.5 Å². The molecule has 5 rings (SSSR count). The summed E-state index contributed by atoms with van der Waals surface area (Å²) < 4.78 is 0. The fourth-order valence-electron chi connectivity index (χ4n) is 3.66. The first kappa shape index (κ1) is 15.5. The Labute approximate surface area is 155 Å². The summed E-state index contributed by atoms with van der Waals surface area (Å²) >= 11 is 6.04. The van der Waals surface area contributed by atoms with Gasteiger partial charge in [0.25, 0.3) is 0 Å². The highest BCUT2D eigenvalue weighted by Gasteiger charge is 2.16. The van der Waals surface area contributed by atoms with Crippen molar-refractivity contribution >= 4 is 51.0 Å². The van der Waals surface area contributed by atoms with E-state index in [-0.39, 0.29) is 0 Å². The van der Waals surface area contributed by atoms with Crippen molar-refractivity contribution in [1.29, 1.82) is 0 Å². The number of H-pyrrole nitrogens is 2. The van der Waals surface area contributed by atoms with Crippen molar-refractivity contribution in [1.82, 2.24) is 19.9 Å². The molecule has 3 N–H and O–H groups in total. The molecule has 7 heteroatoms. The number of imidazole rings is 1. The zero-order valence-electron chi connectivity index (χ0n) is 14.2. The van der Waals surface area contributed by atoms with Gasteiger partial charge in [-0.3, -0.25) is 0 Å². The minimum absolute atomic E-state index is 0.470. The Hall–Kier alpha value is -2.73. The Morgan fingerprint density at radius 1 is 0.962 bits per heavy atom. The molecule has 4 aromatic rings. The van der Waals surface area contributed by atoms with Gasteiger partial charge in [0.1, 0.15) is 16.2 Å². The van der Waals surface area contributed by atoms with Crippen molar-refractivity contribution in [3.05, 3.63) is 41.7 Å². The average molecular weight is 367 g/mol. The predicted molar refractivity (Wildman–Crippen MR) is 107 cm³/mol. The van der Waals surface area contributed by atoms with E-state index in [0.29, 0.717) is 11.1 Å². The van der Waals surface area contributed by atoms with Crippen LogP contribution < -0.4 is 10.2 Å². The number of aromatic amines is 2. The minimum Gasteiger partial charge on any atom is -0.370 e. The number of nitrogens with one attached hydrogen (secondary N) is 3. The van der Waals surface area contributed by atoms with Crippen LogP contribution in [0.25, 0.3) is 22.1 Å². The van der Waals surface area contributed by atoms with Gasteiger partial charge in [0.05, 0.1) is 22.4 Å². The van der Waals surface area contributed by atoms with E-state index in [1.165, 1.54) is 24.9 Å². The van der Waals surface area contributed by atoms with Crippen molar-refractivity contribution in [2.45, 2.75) is 19.3 Å². The first-order valence-electron chi connectivity index (χ1n) is 8.92. The number of nitrogens with zero attached hydrogens (tertiary/aromatic N) is 3. The summed E-state index contributed by atoms with van der Waals surface area (Å²) in [6.45, 7) is 2.19. The Kier molecular flexibility index (Phi) is 3.71. The van der Waals surface area contributed by atoms with Crippen molar-refractivity contribution in [2.24, 2.45) is 0 Å². The maximum Gasteiger partial charge on any atom is 0.205 e. The lowest BCUT2D eigenvalue weighted by Gasteiger charge is -2.28. The lowest BCUT2D eigenvalue weighted by atomic mass is 10.1. The number of hydrogen-bond acceptors (Lipinski definition) is 4. The number of pyridine rings is 1. The highest BCUT2D eigenvalue weighted by Crippen LogP contribution is 2.30. The summed E-state index contributed by atoms with van der Waals surface area (Å²) in [6, 6.07) is 10.00. The molecule has 3 aromatic heterocycles. The van der Waals surface area contributed by atoms with Crippen LogP contribution in [0.15, 0.2) is 36.5 Å². The fraction of sp³-hybridized carbons (Fsp3) is 0.263. The number of para-hydroxylation sites is 1. The zero-order valence-corrected chi connectivity index (χ0v) is 15.0. The molecule has 1 aliphatic rings. The quantitative estimate of drug-likeness (QED) is 0.454. The van der Waals surface area contributed by atoms with E-state index in [4.69, 9.17) is 16.6 Å². The molecule has 1 fully saturated rings. The number of halogens is 1. The van der Waals surface area contributed by atoms with E-state index in [1.54, 1.807) is 6.07 Å². The van der Waals surface area contributed by atoms with Gasteiger partial charge in [-0.1, -0.05) is 17.7 Å². The second-order valence-corrected chi connectivity index (χ2v) is 7.05. The Morgan fingerprint density at radius 2 is 1.85 bits per heavy atom. The molecule has 0 saturated carbocycles. The number of benzene rings is 1. The number of aromatic nitrogens is 4. The molecule has 6 nitrogen and oxygen atoms in total. The largest absolute Gasteiger partial charge is 0.370 e. The van der Waals surface area contributed by atoms with E-state index in [1.807, 2.05) is 12.3 Å². The van der Waals surface area contributed by atoms with Crippen LogP contribution in [-0.2, 0) is 0 Å². The van der Waals surface area contributed by atoms with Crippen molar-refractivity contribution in [3.8, 4) is 0 Å². The minimum atomic E-state index is 0.470. The molecule has 0 aliphatic carbocycles. The van der Waals surface area contributed by atoms with Gasteiger partial charge in [-0.2, -0.15) is 0 Å². The average Bonchev–Trinajstić information content (AvgIpc) is 3.26. The maximum absolute atomic E-state index is 6.04. The van der Waals surface area contributed by atoms with Crippen molar-refractivity contribution < 1.29 is 0 Å². The zero-order chi connectivity index (χ0) is 17.5. The van der Waals surface area contributed by atoms with Gasteiger partial charge >= 0.3 is 0 Å². The molecular weight excluding hydrogens is 348 g/mol. The lowest BCUT2D eigenvalue weighted by molar-refractivity contribution is 0.579. The number of rotatable bonds is 3. The van der Waals surface area contributed by atoms with Crippen LogP contribution in [0.5, 0.6) is 0 Å². The smallest absolute Gasteiger partial charge is 0.205 e. The Morgan fingerprint density at radius 3 is 2.73 bits per heavy atom. The SMILES string of the molecule is Clc1ccc2[nH]cc(Nc3nc4c(N5CCCCC5)cccc4[nH]3)c2n1. The van der Waals surface area contributed by atoms with Gasteiger partial charge in [-0.15, -0.1) is 0 Å². The normalized spacial score (nSPS) is 15.0. The second-order valence-electron chi connectivity index (χ2n) is 6.66.